The Morgan fingerprint density at radius 1 is 1.62 bits per heavy atom. The predicted octanol–water partition coefficient (Wildman–Crippen LogP) is 2.93. The van der Waals surface area contributed by atoms with Crippen molar-refractivity contribution in [2.45, 2.75) is 26.9 Å². The Morgan fingerprint density at radius 3 is 2.31 bits per heavy atom. The first kappa shape index (κ1) is 12.6. The third-order valence-corrected chi connectivity index (χ3v) is 3.13. The molecule has 0 aliphatic carbocycles. The first-order valence-electron chi connectivity index (χ1n) is 4.11. The van der Waals surface area contributed by atoms with Crippen molar-refractivity contribution in [1.29, 1.82) is 0 Å². The molecule has 0 saturated heterocycles. The summed E-state index contributed by atoms with van der Waals surface area (Å²) in [4.78, 5) is 9.33. The minimum atomic E-state index is -3.66. The van der Waals surface area contributed by atoms with E-state index < -0.39 is 13.7 Å². The van der Waals surface area contributed by atoms with Gasteiger partial charge in [0.15, 0.2) is 0 Å². The van der Waals surface area contributed by atoms with Gasteiger partial charge in [0, 0.05) is 5.31 Å². The van der Waals surface area contributed by atoms with Crippen molar-refractivity contribution in [1.82, 2.24) is 0 Å². The highest BCUT2D eigenvalue weighted by atomic mass is 31.2. The summed E-state index contributed by atoms with van der Waals surface area (Å²) in [7, 11) is -3.66. The molecular formula is C9H17O3P. The van der Waals surface area contributed by atoms with E-state index in [4.69, 9.17) is 4.52 Å². The second-order valence-electron chi connectivity index (χ2n) is 3.31. The van der Waals surface area contributed by atoms with Crippen LogP contribution >= 0.6 is 7.60 Å². The maximum Gasteiger partial charge on any atom is 0.354 e. The summed E-state index contributed by atoms with van der Waals surface area (Å²) in [5, 5.41) is 0.153. The van der Waals surface area contributed by atoms with Gasteiger partial charge in [0.05, 0.1) is 6.10 Å². The molecule has 0 aromatic carbocycles. The molecule has 2 atom stereocenters. The van der Waals surface area contributed by atoms with Gasteiger partial charge in [-0.3, -0.25) is 9.09 Å². The zero-order valence-corrected chi connectivity index (χ0v) is 9.25. The molecule has 0 spiro atoms. The average molecular weight is 204 g/mol. The lowest BCUT2D eigenvalue weighted by Crippen LogP contribution is -2.15. The molecule has 0 saturated carbocycles. The lowest BCUT2D eigenvalue weighted by Gasteiger charge is -2.21. The van der Waals surface area contributed by atoms with Crippen molar-refractivity contribution >= 4 is 7.60 Å². The Balaban J connectivity index is 4.49. The van der Waals surface area contributed by atoms with Gasteiger partial charge in [0.1, 0.15) is 0 Å². The zero-order valence-electron chi connectivity index (χ0n) is 8.36. The Kier molecular flexibility index (Phi) is 4.62. The fraction of sp³-hybridized carbons (Fsp3) is 0.556. The number of rotatable bonds is 5. The summed E-state index contributed by atoms with van der Waals surface area (Å²) in [5.74, 6) is 0.123. The number of hydrogen-bond acceptors (Lipinski definition) is 2. The van der Waals surface area contributed by atoms with Crippen molar-refractivity contribution < 1.29 is 14.0 Å². The number of hydrogen-bond donors (Lipinski definition) is 1. The Labute approximate surface area is 79.7 Å². The topological polar surface area (TPSA) is 46.5 Å². The largest absolute Gasteiger partial charge is 0.354 e. The van der Waals surface area contributed by atoms with Crippen molar-refractivity contribution in [3.8, 4) is 0 Å². The van der Waals surface area contributed by atoms with Gasteiger partial charge in [0.25, 0.3) is 0 Å². The van der Waals surface area contributed by atoms with Crippen LogP contribution in [0.1, 0.15) is 20.8 Å². The van der Waals surface area contributed by atoms with Crippen molar-refractivity contribution in [3.63, 3.8) is 0 Å². The SMILES string of the molecule is C=CC(OP(=O)(O)C(=C)C)C(C)C. The van der Waals surface area contributed by atoms with Crippen LogP contribution in [0.2, 0.25) is 0 Å². The molecule has 0 heterocycles. The molecule has 4 heteroatoms. The zero-order chi connectivity index (χ0) is 10.6. The molecule has 0 bridgehead atoms. The third kappa shape index (κ3) is 3.90. The fourth-order valence-electron chi connectivity index (χ4n) is 0.692. The third-order valence-electron chi connectivity index (χ3n) is 1.64. The smallest absolute Gasteiger partial charge is 0.321 e. The molecule has 0 fully saturated rings. The summed E-state index contributed by atoms with van der Waals surface area (Å²) in [6, 6.07) is 0. The summed E-state index contributed by atoms with van der Waals surface area (Å²) in [5.41, 5.74) is 0. The fourth-order valence-corrected chi connectivity index (χ4v) is 1.53. The Morgan fingerprint density at radius 2 is 2.08 bits per heavy atom. The maximum atomic E-state index is 11.4. The normalized spacial score (nSPS) is 17.9. The van der Waals surface area contributed by atoms with Crippen LogP contribution in [0, 0.1) is 5.92 Å². The highest BCUT2D eigenvalue weighted by molar-refractivity contribution is 7.57. The van der Waals surface area contributed by atoms with Crippen LogP contribution in [-0.4, -0.2) is 11.0 Å². The molecule has 13 heavy (non-hydrogen) atoms. The molecule has 76 valence electrons. The monoisotopic (exact) mass is 204 g/mol. The van der Waals surface area contributed by atoms with E-state index in [-0.39, 0.29) is 11.2 Å². The van der Waals surface area contributed by atoms with Crippen LogP contribution in [0.3, 0.4) is 0 Å². The molecule has 0 radical (unpaired) electrons. The van der Waals surface area contributed by atoms with E-state index in [0.29, 0.717) is 0 Å². The van der Waals surface area contributed by atoms with Gasteiger partial charge in [-0.15, -0.1) is 6.58 Å². The number of allylic oxidation sites excluding steroid dienone is 1. The van der Waals surface area contributed by atoms with Gasteiger partial charge in [0.2, 0.25) is 0 Å². The van der Waals surface area contributed by atoms with Gasteiger partial charge in [-0.05, 0) is 12.8 Å². The highest BCUT2D eigenvalue weighted by Gasteiger charge is 2.25. The van der Waals surface area contributed by atoms with Crippen molar-refractivity contribution in [3.05, 3.63) is 24.5 Å². The van der Waals surface area contributed by atoms with Gasteiger partial charge < -0.3 is 4.89 Å². The second kappa shape index (κ2) is 4.75. The molecule has 0 aliphatic rings. The quantitative estimate of drug-likeness (QED) is 0.553. The van der Waals surface area contributed by atoms with E-state index in [1.54, 1.807) is 0 Å². The molecule has 3 nitrogen and oxygen atoms in total. The van der Waals surface area contributed by atoms with Crippen LogP contribution in [0.25, 0.3) is 0 Å². The second-order valence-corrected chi connectivity index (χ2v) is 5.32. The van der Waals surface area contributed by atoms with Crippen LogP contribution in [0.4, 0.5) is 0 Å². The molecular weight excluding hydrogens is 187 g/mol. The molecule has 2 unspecified atom stereocenters. The van der Waals surface area contributed by atoms with Crippen LogP contribution < -0.4 is 0 Å². The highest BCUT2D eigenvalue weighted by Crippen LogP contribution is 2.51. The van der Waals surface area contributed by atoms with E-state index in [1.165, 1.54) is 13.0 Å². The van der Waals surface area contributed by atoms with E-state index in [0.717, 1.165) is 0 Å². The summed E-state index contributed by atoms with van der Waals surface area (Å²) in [6.45, 7) is 12.2. The van der Waals surface area contributed by atoms with Crippen molar-refractivity contribution in [2.75, 3.05) is 0 Å². The van der Waals surface area contributed by atoms with Crippen molar-refractivity contribution in [2.24, 2.45) is 5.92 Å². The summed E-state index contributed by atoms with van der Waals surface area (Å²) in [6.07, 6.45) is 1.11. The summed E-state index contributed by atoms with van der Waals surface area (Å²) >= 11 is 0. The molecule has 0 aliphatic heterocycles. The Bertz CT molecular complexity index is 245. The van der Waals surface area contributed by atoms with Gasteiger partial charge >= 0.3 is 7.60 Å². The minimum absolute atomic E-state index is 0.123. The molecule has 0 aromatic heterocycles. The van der Waals surface area contributed by atoms with E-state index in [2.05, 4.69) is 13.2 Å². The first-order chi connectivity index (χ1) is 5.81. The minimum Gasteiger partial charge on any atom is -0.321 e. The van der Waals surface area contributed by atoms with Crippen LogP contribution in [-0.2, 0) is 9.09 Å². The van der Waals surface area contributed by atoms with Gasteiger partial charge in [-0.2, -0.15) is 0 Å². The van der Waals surface area contributed by atoms with Gasteiger partial charge in [-0.25, -0.2) is 0 Å². The van der Waals surface area contributed by atoms with E-state index >= 15 is 0 Å². The Hall–Kier alpha value is -0.370. The summed E-state index contributed by atoms with van der Waals surface area (Å²) < 4.78 is 16.4. The standard InChI is InChI=1S/C9H17O3P/c1-6-9(7(2)3)12-13(10,11)8(4)5/h6-7,9H,1,4H2,2-3,5H3,(H,10,11). The maximum absolute atomic E-state index is 11.4. The predicted molar refractivity (Wildman–Crippen MR) is 54.5 cm³/mol. The molecule has 1 N–H and O–H groups in total. The average Bonchev–Trinajstić information content (AvgIpc) is 1.99. The van der Waals surface area contributed by atoms with Gasteiger partial charge in [-0.1, -0.05) is 26.5 Å². The lowest BCUT2D eigenvalue weighted by molar-refractivity contribution is 0.175. The van der Waals surface area contributed by atoms with Crippen LogP contribution in [0.5, 0.6) is 0 Å². The molecule has 0 aromatic rings. The molecule has 0 amide bonds. The lowest BCUT2D eigenvalue weighted by atomic mass is 10.1. The van der Waals surface area contributed by atoms with E-state index in [1.807, 2.05) is 13.8 Å². The molecule has 0 rings (SSSR count). The first-order valence-corrected chi connectivity index (χ1v) is 5.69. The van der Waals surface area contributed by atoms with E-state index in [9.17, 15) is 9.46 Å². The van der Waals surface area contributed by atoms with Crippen LogP contribution in [0.15, 0.2) is 24.5 Å².